The first-order chi connectivity index (χ1) is 21.5. The summed E-state index contributed by atoms with van der Waals surface area (Å²) in [6, 6.07) is 18.9. The molecule has 0 aliphatic rings. The fourth-order valence-corrected chi connectivity index (χ4v) is 5.03. The predicted molar refractivity (Wildman–Crippen MR) is 190 cm³/mol. The van der Waals surface area contributed by atoms with E-state index in [4.69, 9.17) is 25.1 Å². The first-order valence-corrected chi connectivity index (χ1v) is 15.7. The van der Waals surface area contributed by atoms with Crippen LogP contribution in [0.25, 0.3) is 20.9 Å². The maximum absolute atomic E-state index is 12.0. The lowest BCUT2D eigenvalue weighted by atomic mass is 10.1. The highest BCUT2D eigenvalue weighted by Gasteiger charge is 2.18. The molecule has 3 amide bonds. The summed E-state index contributed by atoms with van der Waals surface area (Å²) < 4.78 is 15.0. The Bertz CT molecular complexity index is 1500. The maximum atomic E-state index is 12.0. The second-order valence-electron chi connectivity index (χ2n) is 9.83. The first-order valence-electron chi connectivity index (χ1n) is 13.9. The van der Waals surface area contributed by atoms with Crippen molar-refractivity contribution >= 4 is 63.7 Å². The van der Waals surface area contributed by atoms with Crippen molar-refractivity contribution in [2.24, 2.45) is 0 Å². The number of aliphatic hydroxyl groups excluding tert-OH is 1. The maximum Gasteiger partial charge on any atom is 0.412 e. The van der Waals surface area contributed by atoms with Gasteiger partial charge in [0.2, 0.25) is 0 Å². The highest BCUT2D eigenvalue weighted by atomic mass is 32.1. The number of thiophene rings is 2. The van der Waals surface area contributed by atoms with Gasteiger partial charge in [-0.15, -0.1) is 22.7 Å². The van der Waals surface area contributed by atoms with E-state index in [0.29, 0.717) is 29.4 Å². The summed E-state index contributed by atoms with van der Waals surface area (Å²) >= 11 is 3.22. The van der Waals surface area contributed by atoms with Gasteiger partial charge >= 0.3 is 18.3 Å². The minimum absolute atomic E-state index is 0. The fraction of sp³-hybridized carbons (Fsp3) is 0.303. The van der Waals surface area contributed by atoms with E-state index in [2.05, 4.69) is 16.0 Å². The molecule has 0 fully saturated rings. The average molecular weight is 673 g/mol. The van der Waals surface area contributed by atoms with Gasteiger partial charge in [0.05, 0.1) is 36.0 Å². The lowest BCUT2D eigenvalue weighted by Gasteiger charge is -2.20. The molecule has 250 valence electrons. The summed E-state index contributed by atoms with van der Waals surface area (Å²) in [5.74, 6) is 0. The molecule has 2 aromatic carbocycles. The van der Waals surface area contributed by atoms with Gasteiger partial charge in [-0.05, 0) is 92.9 Å². The molecule has 0 saturated heterocycles. The summed E-state index contributed by atoms with van der Waals surface area (Å²) in [6.45, 7) is 9.41. The van der Waals surface area contributed by atoms with E-state index in [1.807, 2.05) is 53.2 Å². The largest absolute Gasteiger partial charge is 0.450 e. The lowest BCUT2D eigenvalue weighted by molar-refractivity contribution is 0.0635. The van der Waals surface area contributed by atoms with Gasteiger partial charge in [0.1, 0.15) is 5.60 Å². The molecule has 11 nitrogen and oxygen atoms in total. The quantitative estimate of drug-likeness (QED) is 0.0959. The normalized spacial score (nSPS) is 9.98. The van der Waals surface area contributed by atoms with Gasteiger partial charge in [-0.3, -0.25) is 16.0 Å². The van der Waals surface area contributed by atoms with E-state index < -0.39 is 23.9 Å². The molecule has 0 unspecified atom stereocenters. The summed E-state index contributed by atoms with van der Waals surface area (Å²) in [5, 5.41) is 18.9. The van der Waals surface area contributed by atoms with Crippen molar-refractivity contribution in [1.29, 1.82) is 0 Å². The zero-order valence-electron chi connectivity index (χ0n) is 26.1. The Balaban J connectivity index is 0.000000446. The lowest BCUT2D eigenvalue weighted by Crippen LogP contribution is -2.27. The molecule has 0 spiro atoms. The number of nitrogens with two attached hydrogens (primary N) is 1. The Kier molecular flexibility index (Phi) is 16.9. The SMILES string of the molecule is C.CCOC(=O)Nc1cc(-c2cccs2)ccc1N.CCOC(=O)Nc1cc(-c2cccs2)ccc1NC(=O)OC(C)(C)C.CO. The number of nitrogens with one attached hydrogen (secondary N) is 3. The van der Waals surface area contributed by atoms with Crippen LogP contribution in [0.3, 0.4) is 0 Å². The molecule has 4 aromatic rings. The standard InChI is InChI=1S/C18H22N2O4S.C13H14N2O2S.CH4O.CH4/c1-5-23-16(21)20-14-11-12(15-7-6-10-25-15)8-9-13(14)19-17(22)24-18(2,3)4;1-2-17-13(16)15-11-8-9(5-6-10(11)14)12-4-3-7-18-12;1-2;/h6-11H,5H2,1-4H3,(H,19,22)(H,20,21);3-8H,2,14H2,1H3,(H,15,16);2H,1H3;1H4. The number of hydrogen-bond acceptors (Lipinski definition) is 10. The number of amides is 3. The molecule has 2 aromatic heterocycles. The number of anilines is 4. The van der Waals surface area contributed by atoms with Crippen LogP contribution in [0.1, 0.15) is 42.0 Å². The van der Waals surface area contributed by atoms with Gasteiger partial charge in [0.25, 0.3) is 0 Å². The molecular formula is C33H44N4O7S2. The zero-order valence-corrected chi connectivity index (χ0v) is 27.8. The van der Waals surface area contributed by atoms with Crippen molar-refractivity contribution in [3.63, 3.8) is 0 Å². The minimum atomic E-state index is -0.615. The Morgan fingerprint density at radius 1 is 0.717 bits per heavy atom. The van der Waals surface area contributed by atoms with Crippen LogP contribution in [-0.2, 0) is 14.2 Å². The van der Waals surface area contributed by atoms with Crippen molar-refractivity contribution in [1.82, 2.24) is 0 Å². The van der Waals surface area contributed by atoms with Gasteiger partial charge in [-0.1, -0.05) is 31.7 Å². The third-order valence-electron chi connectivity index (χ3n) is 5.34. The number of carbonyl (C=O) groups is 3. The second-order valence-corrected chi connectivity index (χ2v) is 11.7. The Labute approximate surface area is 278 Å². The number of benzene rings is 2. The number of carbonyl (C=O) groups excluding carboxylic acids is 3. The number of nitrogen functional groups attached to an aromatic ring is 1. The van der Waals surface area contributed by atoms with Crippen molar-refractivity contribution in [3.8, 4) is 20.9 Å². The fourth-order valence-electron chi connectivity index (χ4n) is 3.58. The van der Waals surface area contributed by atoms with E-state index in [1.54, 1.807) is 75.5 Å². The van der Waals surface area contributed by atoms with E-state index >= 15 is 0 Å². The van der Waals surface area contributed by atoms with Crippen LogP contribution in [0.4, 0.5) is 37.1 Å². The average Bonchev–Trinajstić information content (AvgIpc) is 3.71. The molecule has 2 heterocycles. The van der Waals surface area contributed by atoms with Crippen LogP contribution in [0.5, 0.6) is 0 Å². The predicted octanol–water partition coefficient (Wildman–Crippen LogP) is 9.14. The van der Waals surface area contributed by atoms with Gasteiger partial charge < -0.3 is 25.1 Å². The van der Waals surface area contributed by atoms with Crippen molar-refractivity contribution < 1.29 is 33.7 Å². The first kappa shape index (κ1) is 39.4. The third-order valence-corrected chi connectivity index (χ3v) is 7.18. The van der Waals surface area contributed by atoms with Crippen LogP contribution >= 0.6 is 22.7 Å². The topological polar surface area (TPSA) is 161 Å². The van der Waals surface area contributed by atoms with Gasteiger partial charge in [-0.2, -0.15) is 0 Å². The highest BCUT2D eigenvalue weighted by molar-refractivity contribution is 7.13. The van der Waals surface area contributed by atoms with Crippen LogP contribution in [0.15, 0.2) is 71.4 Å². The summed E-state index contributed by atoms with van der Waals surface area (Å²) in [7, 11) is 1.00. The zero-order chi connectivity index (χ0) is 33.4. The van der Waals surface area contributed by atoms with E-state index in [1.165, 1.54) is 0 Å². The molecule has 0 bridgehead atoms. The van der Waals surface area contributed by atoms with Gasteiger partial charge in [0.15, 0.2) is 0 Å². The third kappa shape index (κ3) is 13.2. The number of hydrogen-bond donors (Lipinski definition) is 5. The molecule has 46 heavy (non-hydrogen) atoms. The Hall–Kier alpha value is -4.59. The second kappa shape index (κ2) is 19.7. The Morgan fingerprint density at radius 3 is 1.63 bits per heavy atom. The molecule has 0 saturated carbocycles. The van der Waals surface area contributed by atoms with Crippen LogP contribution < -0.4 is 21.7 Å². The summed E-state index contributed by atoms with van der Waals surface area (Å²) in [4.78, 5) is 37.4. The van der Waals surface area contributed by atoms with E-state index in [-0.39, 0.29) is 14.0 Å². The molecule has 13 heteroatoms. The van der Waals surface area contributed by atoms with Gasteiger partial charge in [-0.25, -0.2) is 14.4 Å². The minimum Gasteiger partial charge on any atom is -0.450 e. The number of rotatable bonds is 7. The van der Waals surface area contributed by atoms with E-state index in [9.17, 15) is 14.4 Å². The smallest absolute Gasteiger partial charge is 0.412 e. The molecule has 0 atom stereocenters. The van der Waals surface area contributed by atoms with Crippen LogP contribution in [0.2, 0.25) is 0 Å². The molecular weight excluding hydrogens is 629 g/mol. The van der Waals surface area contributed by atoms with E-state index in [0.717, 1.165) is 28.0 Å². The van der Waals surface area contributed by atoms with Gasteiger partial charge in [0, 0.05) is 16.9 Å². The monoisotopic (exact) mass is 672 g/mol. The number of aliphatic hydroxyl groups is 1. The van der Waals surface area contributed by atoms with Crippen molar-refractivity contribution in [2.45, 2.75) is 47.6 Å². The molecule has 6 N–H and O–H groups in total. The van der Waals surface area contributed by atoms with Crippen LogP contribution in [-0.4, -0.2) is 49.3 Å². The van der Waals surface area contributed by atoms with Crippen molar-refractivity contribution in [3.05, 3.63) is 71.4 Å². The molecule has 0 radical (unpaired) electrons. The van der Waals surface area contributed by atoms with Crippen LogP contribution in [0, 0.1) is 0 Å². The number of ether oxygens (including phenoxy) is 3. The highest BCUT2D eigenvalue weighted by Crippen LogP contribution is 2.32. The summed E-state index contributed by atoms with van der Waals surface area (Å²) in [6.07, 6.45) is -1.67. The van der Waals surface area contributed by atoms with Crippen molar-refractivity contribution in [2.75, 3.05) is 42.0 Å². The molecule has 4 rings (SSSR count). The molecule has 0 aliphatic heterocycles. The summed E-state index contributed by atoms with van der Waals surface area (Å²) in [5.41, 5.74) is 9.11. The Morgan fingerprint density at radius 2 is 1.17 bits per heavy atom. The molecule has 0 aliphatic carbocycles.